The molecular weight excluding hydrogens is 321 g/mol. The third-order valence-electron chi connectivity index (χ3n) is 3.25. The van der Waals surface area contributed by atoms with Gasteiger partial charge in [0, 0.05) is 12.6 Å². The molecule has 3 rings (SSSR count). The number of hydrogen-bond donors (Lipinski definition) is 0. The van der Waals surface area contributed by atoms with E-state index in [2.05, 4.69) is 9.97 Å². The number of alkyl halides is 3. The summed E-state index contributed by atoms with van der Waals surface area (Å²) in [5.74, 6) is -0.847. The molecule has 4 nitrogen and oxygen atoms in total. The van der Waals surface area contributed by atoms with Crippen molar-refractivity contribution in [1.29, 1.82) is 0 Å². The number of hydrogen-bond acceptors (Lipinski definition) is 4. The predicted molar refractivity (Wildman–Crippen MR) is 71.2 cm³/mol. The first kappa shape index (κ1) is 14.8. The Kier molecular flexibility index (Phi) is 3.52. The average molecular weight is 329 g/mol. The van der Waals surface area contributed by atoms with Crippen molar-refractivity contribution in [3.63, 3.8) is 0 Å². The van der Waals surface area contributed by atoms with Gasteiger partial charge in [-0.05, 0) is 29.7 Å². The predicted octanol–water partition coefficient (Wildman–Crippen LogP) is 4.07. The Balaban J connectivity index is 2.07. The maximum atomic E-state index is 13.0. The van der Waals surface area contributed by atoms with Gasteiger partial charge in [0.05, 0.1) is 5.56 Å². The minimum atomic E-state index is -4.69. The van der Waals surface area contributed by atoms with Crippen LogP contribution in [0.3, 0.4) is 0 Å². The van der Waals surface area contributed by atoms with Crippen LogP contribution in [0.4, 0.5) is 13.2 Å². The molecule has 0 spiro atoms. The van der Waals surface area contributed by atoms with E-state index in [1.165, 1.54) is 6.07 Å². The largest absolute Gasteiger partial charge is 0.437 e. The number of aryl methyl sites for hydroxylation is 1. The molecule has 1 heterocycles. The van der Waals surface area contributed by atoms with Gasteiger partial charge in [0.2, 0.25) is 11.2 Å². The maximum Gasteiger partial charge on any atom is 0.423 e. The fourth-order valence-electron chi connectivity index (χ4n) is 2.28. The highest BCUT2D eigenvalue weighted by Gasteiger charge is 2.37. The van der Waals surface area contributed by atoms with E-state index in [9.17, 15) is 18.0 Å². The van der Waals surface area contributed by atoms with Crippen LogP contribution in [0.2, 0.25) is 5.28 Å². The van der Waals surface area contributed by atoms with Gasteiger partial charge in [-0.15, -0.1) is 0 Å². The smallest absolute Gasteiger partial charge is 0.423 e. The van der Waals surface area contributed by atoms with E-state index in [1.807, 2.05) is 0 Å². The summed E-state index contributed by atoms with van der Waals surface area (Å²) in [6.45, 7) is 0. The van der Waals surface area contributed by atoms with Crippen molar-refractivity contribution in [2.75, 3.05) is 0 Å². The Morgan fingerprint density at radius 3 is 2.73 bits per heavy atom. The fraction of sp³-hybridized carbons (Fsp3) is 0.214. The van der Waals surface area contributed by atoms with Crippen LogP contribution in [0.5, 0.6) is 11.6 Å². The van der Waals surface area contributed by atoms with E-state index >= 15 is 0 Å². The highest BCUT2D eigenvalue weighted by molar-refractivity contribution is 6.28. The molecule has 114 valence electrons. The number of carbonyl (C=O) groups is 1. The van der Waals surface area contributed by atoms with Gasteiger partial charge < -0.3 is 4.74 Å². The van der Waals surface area contributed by atoms with Crippen LogP contribution < -0.4 is 4.74 Å². The zero-order valence-electron chi connectivity index (χ0n) is 10.9. The molecule has 1 aliphatic rings. The van der Waals surface area contributed by atoms with Crippen molar-refractivity contribution < 1.29 is 22.7 Å². The van der Waals surface area contributed by atoms with Crippen LogP contribution in [-0.4, -0.2) is 15.8 Å². The summed E-state index contributed by atoms with van der Waals surface area (Å²) in [6.07, 6.45) is -3.29. The zero-order chi connectivity index (χ0) is 15.9. The van der Waals surface area contributed by atoms with E-state index < -0.39 is 17.6 Å². The lowest BCUT2D eigenvalue weighted by atomic mass is 10.1. The average Bonchev–Trinajstić information content (AvgIpc) is 2.80. The van der Waals surface area contributed by atoms with Crippen LogP contribution >= 0.6 is 11.6 Å². The molecule has 0 aliphatic heterocycles. The van der Waals surface area contributed by atoms with E-state index in [1.54, 1.807) is 12.1 Å². The van der Waals surface area contributed by atoms with Crippen molar-refractivity contribution in [2.24, 2.45) is 0 Å². The number of rotatable bonds is 2. The Morgan fingerprint density at radius 2 is 2.00 bits per heavy atom. The number of fused-ring (bicyclic) bond motifs is 1. The van der Waals surface area contributed by atoms with Crippen LogP contribution in [0.15, 0.2) is 24.4 Å². The van der Waals surface area contributed by atoms with Gasteiger partial charge in [-0.25, -0.2) is 4.98 Å². The minimum Gasteiger partial charge on any atom is -0.437 e. The second kappa shape index (κ2) is 5.24. The van der Waals surface area contributed by atoms with Gasteiger partial charge in [0.15, 0.2) is 5.78 Å². The van der Waals surface area contributed by atoms with E-state index in [0.717, 1.165) is 5.56 Å². The van der Waals surface area contributed by atoms with Gasteiger partial charge in [0.25, 0.3) is 0 Å². The van der Waals surface area contributed by atoms with Gasteiger partial charge >= 0.3 is 6.18 Å². The first-order valence-electron chi connectivity index (χ1n) is 6.29. The monoisotopic (exact) mass is 328 g/mol. The highest BCUT2D eigenvalue weighted by atomic mass is 35.5. The number of ether oxygens (including phenoxy) is 1. The third-order valence-corrected chi connectivity index (χ3v) is 3.43. The van der Waals surface area contributed by atoms with Gasteiger partial charge in [-0.1, -0.05) is 12.1 Å². The van der Waals surface area contributed by atoms with Crippen LogP contribution in [0.1, 0.15) is 27.9 Å². The van der Waals surface area contributed by atoms with Crippen molar-refractivity contribution in [3.05, 3.63) is 46.4 Å². The third kappa shape index (κ3) is 2.64. The number of nitrogens with zero attached hydrogens (tertiary/aromatic N) is 2. The SMILES string of the molecule is O=C1CCc2cccc(Oc3nc(Cl)ncc3C(F)(F)F)c21. The second-order valence-corrected chi connectivity index (χ2v) is 5.01. The molecule has 8 heteroatoms. The van der Waals surface area contributed by atoms with Crippen molar-refractivity contribution in [3.8, 4) is 11.6 Å². The molecule has 2 aromatic rings. The molecule has 22 heavy (non-hydrogen) atoms. The Labute approximate surface area is 127 Å². The lowest BCUT2D eigenvalue weighted by Crippen LogP contribution is -2.10. The summed E-state index contributed by atoms with van der Waals surface area (Å²) >= 11 is 5.54. The molecule has 0 N–H and O–H groups in total. The molecule has 0 unspecified atom stereocenters. The van der Waals surface area contributed by atoms with Crippen molar-refractivity contribution in [2.45, 2.75) is 19.0 Å². The number of ketones is 1. The molecule has 1 aromatic heterocycles. The summed E-state index contributed by atoms with van der Waals surface area (Å²) in [5, 5.41) is -0.373. The molecule has 0 saturated heterocycles. The van der Waals surface area contributed by atoms with Crippen LogP contribution in [0.25, 0.3) is 0 Å². The van der Waals surface area contributed by atoms with Gasteiger partial charge in [-0.2, -0.15) is 18.2 Å². The maximum absolute atomic E-state index is 13.0. The number of aromatic nitrogens is 2. The fourth-order valence-corrected chi connectivity index (χ4v) is 2.41. The van der Waals surface area contributed by atoms with Crippen molar-refractivity contribution in [1.82, 2.24) is 9.97 Å². The van der Waals surface area contributed by atoms with Crippen LogP contribution in [-0.2, 0) is 12.6 Å². The summed E-state index contributed by atoms with van der Waals surface area (Å²) in [6, 6.07) is 4.78. The molecule has 0 radical (unpaired) electrons. The lowest BCUT2D eigenvalue weighted by molar-refractivity contribution is -0.139. The topological polar surface area (TPSA) is 52.1 Å². The quantitative estimate of drug-likeness (QED) is 0.780. The number of carbonyl (C=O) groups excluding carboxylic acids is 1. The van der Waals surface area contributed by atoms with Crippen LogP contribution in [0, 0.1) is 0 Å². The lowest BCUT2D eigenvalue weighted by Gasteiger charge is -2.13. The van der Waals surface area contributed by atoms with Crippen molar-refractivity contribution >= 4 is 17.4 Å². The number of benzene rings is 1. The molecule has 1 aliphatic carbocycles. The second-order valence-electron chi connectivity index (χ2n) is 4.67. The summed E-state index contributed by atoms with van der Waals surface area (Å²) in [7, 11) is 0. The van der Waals surface area contributed by atoms with E-state index in [-0.39, 0.29) is 16.8 Å². The minimum absolute atomic E-state index is 0.0419. The van der Waals surface area contributed by atoms with E-state index in [0.29, 0.717) is 24.6 Å². The zero-order valence-corrected chi connectivity index (χ0v) is 11.7. The Bertz CT molecular complexity index is 762. The van der Waals surface area contributed by atoms with Gasteiger partial charge in [-0.3, -0.25) is 4.79 Å². The molecular formula is C14H8ClF3N2O2. The molecule has 1 aromatic carbocycles. The number of halogens is 4. The first-order chi connectivity index (χ1) is 10.4. The summed E-state index contributed by atoms with van der Waals surface area (Å²) in [4.78, 5) is 18.7. The molecule has 0 atom stereocenters. The first-order valence-corrected chi connectivity index (χ1v) is 6.67. The number of Topliss-reactive ketones (excluding diaryl/α,β-unsaturated/α-hetero) is 1. The normalized spacial score (nSPS) is 14.1. The Hall–Kier alpha value is -2.15. The van der Waals surface area contributed by atoms with E-state index in [4.69, 9.17) is 16.3 Å². The molecule has 0 fully saturated rings. The molecule has 0 saturated carbocycles. The molecule has 0 amide bonds. The summed E-state index contributed by atoms with van der Waals surface area (Å²) < 4.78 is 44.1. The Morgan fingerprint density at radius 1 is 1.23 bits per heavy atom. The van der Waals surface area contributed by atoms with Gasteiger partial charge in [0.1, 0.15) is 11.3 Å². The molecule has 0 bridgehead atoms. The highest BCUT2D eigenvalue weighted by Crippen LogP contribution is 2.39. The summed E-state index contributed by atoms with van der Waals surface area (Å²) in [5.41, 5.74) is -0.110. The standard InChI is InChI=1S/C14H8ClF3N2O2/c15-13-19-6-8(14(16,17)18)12(20-13)22-10-3-1-2-7-4-5-9(21)11(7)10/h1-3,6H,4-5H2.